The topological polar surface area (TPSA) is 195 Å². The number of amides is 2. The molecular formula is C62H84Cl4N6O12S2. The van der Waals surface area contributed by atoms with Crippen LogP contribution in [0.5, 0.6) is 11.5 Å². The number of halogens is 4. The largest absolute Gasteiger partial charge is 0.484 e. The van der Waals surface area contributed by atoms with E-state index in [-0.39, 0.29) is 57.7 Å². The number of ether oxygens (including phenoxy) is 6. The maximum Gasteiger partial charge on any atom is 0.314 e. The van der Waals surface area contributed by atoms with E-state index in [1.807, 2.05) is 54.2 Å². The van der Waals surface area contributed by atoms with Crippen LogP contribution in [-0.2, 0) is 56.6 Å². The Morgan fingerprint density at radius 1 is 0.558 bits per heavy atom. The van der Waals surface area contributed by atoms with Crippen LogP contribution in [0.3, 0.4) is 0 Å². The Morgan fingerprint density at radius 3 is 1.49 bits per heavy atom. The highest BCUT2D eigenvalue weighted by Gasteiger charge is 2.40. The fourth-order valence-electron chi connectivity index (χ4n) is 11.7. The lowest BCUT2D eigenvalue weighted by atomic mass is 10.1. The summed E-state index contributed by atoms with van der Waals surface area (Å²) in [6.45, 7) is 9.18. The number of carbonyl (C=O) groups is 2. The normalized spacial score (nSPS) is 20.7. The van der Waals surface area contributed by atoms with Gasteiger partial charge >= 0.3 is 6.03 Å². The average Bonchev–Trinajstić information content (AvgIpc) is 2.02. The van der Waals surface area contributed by atoms with E-state index in [4.69, 9.17) is 74.8 Å². The van der Waals surface area contributed by atoms with Crippen LogP contribution < -0.4 is 20.1 Å². The minimum absolute atomic E-state index is 0.0274. The molecule has 2 aliphatic carbocycles. The first-order chi connectivity index (χ1) is 41.1. The molecule has 0 aromatic heterocycles. The average molecular weight is 1310 g/mol. The number of hydrogen-bond acceptors (Lipinski definition) is 14. The smallest absolute Gasteiger partial charge is 0.314 e. The summed E-state index contributed by atoms with van der Waals surface area (Å²) in [6, 6.07) is 17.1. The third-order valence-electron chi connectivity index (χ3n) is 16.6. The van der Waals surface area contributed by atoms with Crippen LogP contribution in [0, 0.1) is 25.7 Å². The zero-order valence-corrected chi connectivity index (χ0v) is 54.9. The van der Waals surface area contributed by atoms with Crippen LogP contribution >= 0.6 is 46.4 Å². The Morgan fingerprint density at radius 2 is 1.01 bits per heavy atom. The first-order valence-electron chi connectivity index (χ1n) is 29.8. The molecule has 2 heterocycles. The molecular weight excluding hydrogens is 1230 g/mol. The summed E-state index contributed by atoms with van der Waals surface area (Å²) >= 11 is 25.9. The van der Waals surface area contributed by atoms with E-state index >= 15 is 0 Å². The van der Waals surface area contributed by atoms with Gasteiger partial charge in [-0.1, -0.05) is 52.8 Å². The zero-order valence-electron chi connectivity index (χ0n) is 50.2. The predicted molar refractivity (Wildman–Crippen MR) is 335 cm³/mol. The minimum Gasteiger partial charge on any atom is -0.484 e. The second-order valence-corrected chi connectivity index (χ2v) is 28.9. The lowest BCUT2D eigenvalue weighted by Gasteiger charge is -2.28. The Bertz CT molecular complexity index is 2990. The van der Waals surface area contributed by atoms with Gasteiger partial charge in [-0.15, -0.1) is 0 Å². The quantitative estimate of drug-likeness (QED) is 0.0428. The lowest BCUT2D eigenvalue weighted by Crippen LogP contribution is -2.37. The molecule has 18 nitrogen and oxygen atoms in total. The molecule has 0 saturated carbocycles. The molecule has 4 aliphatic rings. The van der Waals surface area contributed by atoms with E-state index in [2.05, 4.69) is 20.4 Å². The van der Waals surface area contributed by atoms with Gasteiger partial charge in [0.25, 0.3) is 0 Å². The standard InChI is InChI=1S/C62H84Cl4N6O12S2/c1-41-29-48(13-15-58(41)83-60-52-31-45(63)33-54(65)50(52)35-56(60)69(3)4)85(75,76)71-21-17-43(37-71)39-81-27-25-79-23-10-12-47(73)11-8-7-9-19-67-62(74)68-20-24-80-26-28-82-40-44-18-22-72(38-44)86(77,78)49-14-16-59(42(2)30-49)84-61-53-32-46(64)34-55(66)51(53)36-57(61)70(5)6/h13-16,29-34,43-44,56-57,60-61H,7-12,17-28,35-40H2,1-6H3,(H2,67,68,74)/t43-,44-,56+,57+,60+,61+/m1/s1. The highest BCUT2D eigenvalue weighted by Crippen LogP contribution is 2.45. The first-order valence-corrected chi connectivity index (χ1v) is 34.2. The van der Waals surface area contributed by atoms with Crippen molar-refractivity contribution in [3.05, 3.63) is 114 Å². The molecule has 8 rings (SSSR count). The van der Waals surface area contributed by atoms with E-state index in [0.29, 0.717) is 174 Å². The summed E-state index contributed by atoms with van der Waals surface area (Å²) in [5, 5.41) is 7.93. The van der Waals surface area contributed by atoms with Gasteiger partial charge in [-0.25, -0.2) is 21.6 Å². The summed E-state index contributed by atoms with van der Waals surface area (Å²) in [6.07, 6.45) is 6.05. The van der Waals surface area contributed by atoms with Crippen molar-refractivity contribution in [2.45, 2.75) is 112 Å². The van der Waals surface area contributed by atoms with Gasteiger partial charge in [0, 0.05) is 89.9 Å². The van der Waals surface area contributed by atoms with E-state index in [9.17, 15) is 26.4 Å². The second-order valence-electron chi connectivity index (χ2n) is 23.4. The van der Waals surface area contributed by atoms with Crippen molar-refractivity contribution in [1.82, 2.24) is 29.0 Å². The van der Waals surface area contributed by atoms with Gasteiger partial charge in [0.05, 0.1) is 68.1 Å². The Kier molecular flexibility index (Phi) is 25.1. The van der Waals surface area contributed by atoms with Gasteiger partial charge in [-0.05, 0) is 182 Å². The van der Waals surface area contributed by atoms with Crippen molar-refractivity contribution in [3.8, 4) is 11.5 Å². The van der Waals surface area contributed by atoms with Crippen molar-refractivity contribution in [3.63, 3.8) is 0 Å². The van der Waals surface area contributed by atoms with Gasteiger partial charge in [0.15, 0.2) is 0 Å². The predicted octanol–water partition coefficient (Wildman–Crippen LogP) is 10.1. The van der Waals surface area contributed by atoms with Crippen LogP contribution in [0.1, 0.15) is 97.0 Å². The van der Waals surface area contributed by atoms with E-state index in [1.54, 1.807) is 48.5 Å². The monoisotopic (exact) mass is 1310 g/mol. The highest BCUT2D eigenvalue weighted by molar-refractivity contribution is 7.89. The number of unbranched alkanes of at least 4 members (excludes halogenated alkanes) is 2. The van der Waals surface area contributed by atoms with E-state index < -0.39 is 20.0 Å². The molecule has 2 fully saturated rings. The molecule has 0 spiro atoms. The molecule has 6 atom stereocenters. The van der Waals surface area contributed by atoms with Gasteiger partial charge < -0.3 is 48.9 Å². The number of ketones is 1. The van der Waals surface area contributed by atoms with E-state index in [0.717, 1.165) is 47.1 Å². The van der Waals surface area contributed by atoms with Crippen LogP contribution in [0.15, 0.2) is 70.5 Å². The van der Waals surface area contributed by atoms with Crippen LogP contribution in [-0.4, -0.2) is 179 Å². The van der Waals surface area contributed by atoms with E-state index in [1.165, 1.54) is 8.61 Å². The molecule has 4 aromatic carbocycles. The molecule has 0 bridgehead atoms. The zero-order chi connectivity index (χ0) is 61.7. The van der Waals surface area contributed by atoms with Gasteiger partial charge in [0.1, 0.15) is 29.5 Å². The molecule has 2 aliphatic heterocycles. The fourth-order valence-corrected chi connectivity index (χ4v) is 16.1. The number of nitrogens with one attached hydrogen (secondary N) is 2. The number of carbonyl (C=O) groups excluding carboxylic acids is 2. The summed E-state index contributed by atoms with van der Waals surface area (Å²) in [4.78, 5) is 29.4. The number of benzene rings is 4. The molecule has 0 radical (unpaired) electrons. The molecule has 474 valence electrons. The van der Waals surface area contributed by atoms with Crippen molar-refractivity contribution < 1.29 is 54.8 Å². The molecule has 4 aromatic rings. The van der Waals surface area contributed by atoms with Crippen LogP contribution in [0.4, 0.5) is 4.79 Å². The summed E-state index contributed by atoms with van der Waals surface area (Å²) in [5.41, 5.74) is 5.33. The molecule has 0 unspecified atom stereocenters. The maximum absolute atomic E-state index is 13.7. The van der Waals surface area contributed by atoms with Crippen molar-refractivity contribution in [2.24, 2.45) is 11.8 Å². The van der Waals surface area contributed by atoms with Crippen LogP contribution in [0.2, 0.25) is 20.1 Å². The Labute approximate surface area is 528 Å². The fraction of sp³-hybridized carbons (Fsp3) is 0.581. The number of urea groups is 1. The third kappa shape index (κ3) is 18.0. The highest BCUT2D eigenvalue weighted by atomic mass is 35.5. The number of fused-ring (bicyclic) bond motifs is 2. The Balaban J connectivity index is 0.593. The number of Topliss-reactive ketones (excluding diaryl/α,β-unsaturated/α-hetero) is 1. The summed E-state index contributed by atoms with van der Waals surface area (Å²) < 4.78 is 94.1. The number of sulfonamides is 2. The first kappa shape index (κ1) is 68.1. The molecule has 86 heavy (non-hydrogen) atoms. The molecule has 2 amide bonds. The lowest BCUT2D eigenvalue weighted by molar-refractivity contribution is -0.119. The van der Waals surface area contributed by atoms with Gasteiger partial charge in [-0.3, -0.25) is 4.79 Å². The summed E-state index contributed by atoms with van der Waals surface area (Å²) in [5.74, 6) is 1.52. The number of likely N-dealkylation sites (N-methyl/N-ethyl adjacent to an activating group) is 2. The molecule has 2 N–H and O–H groups in total. The molecule has 24 heteroatoms. The SMILES string of the molecule is Cc1cc(S(=O)(=O)N2CC[C@@H](COCCOCCCC(=O)CCCCCNC(=O)NCCOCCOC[C@@H]3CCN(S(=O)(=O)c4ccc(O[C@H]5c6cc(Cl)cc(Cl)c6C[C@@H]5N(C)C)c(C)c4)C3)C2)ccc1O[C@H]1c2cc(Cl)cc(Cl)c2C[C@@H]1N(C)C. The van der Waals surface area contributed by atoms with Gasteiger partial charge in [0.2, 0.25) is 20.0 Å². The second kappa shape index (κ2) is 31.8. The Hall–Kier alpha value is -3.84. The minimum atomic E-state index is -3.73. The number of aryl methyl sites for hydroxylation is 2. The molecule has 2 saturated heterocycles. The van der Waals surface area contributed by atoms with Crippen molar-refractivity contribution in [2.75, 3.05) is 120 Å². The summed E-state index contributed by atoms with van der Waals surface area (Å²) in [7, 11) is 0.541. The number of hydrogen-bond donors (Lipinski definition) is 2. The van der Waals surface area contributed by atoms with Crippen LogP contribution in [0.25, 0.3) is 0 Å². The number of rotatable bonds is 33. The van der Waals surface area contributed by atoms with Crippen molar-refractivity contribution in [1.29, 1.82) is 0 Å². The van der Waals surface area contributed by atoms with Crippen molar-refractivity contribution >= 4 is 78.3 Å². The third-order valence-corrected chi connectivity index (χ3v) is 21.4. The van der Waals surface area contributed by atoms with Gasteiger partial charge in [-0.2, -0.15) is 8.61 Å². The number of nitrogens with zero attached hydrogens (tertiary/aromatic N) is 4. The maximum atomic E-state index is 13.7.